The Labute approximate surface area is 303 Å². The van der Waals surface area contributed by atoms with Crippen LogP contribution in [0.3, 0.4) is 0 Å². The summed E-state index contributed by atoms with van der Waals surface area (Å²) >= 11 is 0. The van der Waals surface area contributed by atoms with E-state index in [0.717, 1.165) is 71.8 Å². The number of benzene rings is 4. The molecule has 2 aliphatic rings. The summed E-state index contributed by atoms with van der Waals surface area (Å²) in [4.78, 5) is 39.1. The lowest BCUT2D eigenvalue weighted by Gasteiger charge is -2.41. The molecule has 0 aliphatic carbocycles. The van der Waals surface area contributed by atoms with Crippen LogP contribution in [0.1, 0.15) is 54.9 Å². The minimum Gasteiger partial charge on any atom is -0.453 e. The normalized spacial score (nSPS) is 19.8. The molecule has 0 saturated carbocycles. The quantitative estimate of drug-likeness (QED) is 0.107. The Morgan fingerprint density at radius 3 is 2.25 bits per heavy atom. The Bertz CT molecular complexity index is 1830. The number of carbonyl (C=O) groups excluding carboxylic acids is 2. The number of hydrogen-bond donors (Lipinski definition) is 2. The second-order valence-corrected chi connectivity index (χ2v) is 13.2. The number of anilines is 1. The van der Waals surface area contributed by atoms with Crippen molar-refractivity contribution in [2.75, 3.05) is 37.6 Å². The van der Waals surface area contributed by atoms with Crippen LogP contribution in [0.2, 0.25) is 0 Å². The van der Waals surface area contributed by atoms with Crippen molar-refractivity contribution in [3.63, 3.8) is 0 Å². The molecule has 4 aromatic carbocycles. The molecule has 2 fully saturated rings. The van der Waals surface area contributed by atoms with Crippen LogP contribution in [0.4, 0.5) is 11.4 Å². The molecule has 2 aliphatic heterocycles. The number of nitro groups is 1. The summed E-state index contributed by atoms with van der Waals surface area (Å²) < 4.78 is 18.2. The van der Waals surface area contributed by atoms with Crippen molar-refractivity contribution in [3.8, 4) is 11.1 Å². The molecule has 0 bridgehead atoms. The van der Waals surface area contributed by atoms with E-state index in [-0.39, 0.29) is 41.9 Å². The smallest absolute Gasteiger partial charge is 0.303 e. The summed E-state index contributed by atoms with van der Waals surface area (Å²) in [6, 6.07) is 30.5. The van der Waals surface area contributed by atoms with Crippen LogP contribution < -0.4 is 10.2 Å². The summed E-state index contributed by atoms with van der Waals surface area (Å²) in [5.74, 6) is -0.876. The minimum absolute atomic E-state index is 0.0265. The number of nitro benzene ring substituents is 1. The largest absolute Gasteiger partial charge is 0.453 e. The summed E-state index contributed by atoms with van der Waals surface area (Å²) in [5, 5.41) is 23.5. The van der Waals surface area contributed by atoms with E-state index in [2.05, 4.69) is 15.1 Å². The number of esters is 1. The van der Waals surface area contributed by atoms with Crippen molar-refractivity contribution in [2.45, 2.75) is 58.0 Å². The molecule has 2 saturated heterocycles. The molecule has 12 nitrogen and oxygen atoms in total. The number of nitrogens with zero attached hydrogens (tertiary/aromatic N) is 3. The lowest BCUT2D eigenvalue weighted by atomic mass is 9.97. The molecule has 0 aromatic heterocycles. The molecule has 52 heavy (non-hydrogen) atoms. The van der Waals surface area contributed by atoms with Gasteiger partial charge in [0.25, 0.3) is 11.6 Å². The molecule has 4 aromatic rings. The van der Waals surface area contributed by atoms with Crippen LogP contribution in [0.25, 0.3) is 11.1 Å². The molecule has 12 heteroatoms. The van der Waals surface area contributed by atoms with Gasteiger partial charge in [-0.15, -0.1) is 0 Å². The van der Waals surface area contributed by atoms with Gasteiger partial charge in [-0.05, 0) is 46.9 Å². The van der Waals surface area contributed by atoms with Crippen molar-refractivity contribution in [2.24, 2.45) is 0 Å². The minimum atomic E-state index is -0.883. The van der Waals surface area contributed by atoms with Gasteiger partial charge in [0.1, 0.15) is 0 Å². The van der Waals surface area contributed by atoms with Crippen LogP contribution in [0.5, 0.6) is 0 Å². The number of non-ortho nitro benzene ring substituents is 1. The summed E-state index contributed by atoms with van der Waals surface area (Å²) in [6.45, 7) is 7.05. The molecule has 0 radical (unpaired) electrons. The summed E-state index contributed by atoms with van der Waals surface area (Å²) in [6.07, 6.45) is -1.13. The number of hydrogen-bond acceptors (Lipinski definition) is 10. The zero-order valence-corrected chi connectivity index (χ0v) is 29.4. The average Bonchev–Trinajstić information content (AvgIpc) is 3.17. The fourth-order valence-corrected chi connectivity index (χ4v) is 6.70. The van der Waals surface area contributed by atoms with E-state index in [1.165, 1.54) is 6.92 Å². The van der Waals surface area contributed by atoms with E-state index in [1.807, 2.05) is 84.9 Å². The van der Waals surface area contributed by atoms with Gasteiger partial charge >= 0.3 is 5.97 Å². The Hall–Kier alpha value is -5.14. The third-order valence-corrected chi connectivity index (χ3v) is 9.55. The Balaban J connectivity index is 1.14. The van der Waals surface area contributed by atoms with Gasteiger partial charge in [0, 0.05) is 76.0 Å². The summed E-state index contributed by atoms with van der Waals surface area (Å²) in [7, 11) is 0. The number of nitrogens with one attached hydrogen (secondary N) is 1. The Morgan fingerprint density at radius 1 is 0.923 bits per heavy atom. The molecule has 1 amide bonds. The molecule has 272 valence electrons. The number of carbonyl (C=O) groups is 2. The van der Waals surface area contributed by atoms with Crippen LogP contribution in [0, 0.1) is 10.1 Å². The molecular weight excluding hydrogens is 664 g/mol. The van der Waals surface area contributed by atoms with Crippen LogP contribution in [-0.4, -0.2) is 71.7 Å². The van der Waals surface area contributed by atoms with Crippen LogP contribution in [-0.2, 0) is 37.0 Å². The monoisotopic (exact) mass is 708 g/mol. The molecule has 2 N–H and O–H groups in total. The highest BCUT2D eigenvalue weighted by molar-refractivity contribution is 5.83. The third kappa shape index (κ3) is 9.20. The van der Waals surface area contributed by atoms with Gasteiger partial charge in [-0.1, -0.05) is 72.8 Å². The van der Waals surface area contributed by atoms with Crippen molar-refractivity contribution >= 4 is 23.3 Å². The highest BCUT2D eigenvalue weighted by Gasteiger charge is 2.34. The van der Waals surface area contributed by atoms with E-state index in [1.54, 1.807) is 19.1 Å². The second-order valence-electron chi connectivity index (χ2n) is 13.2. The van der Waals surface area contributed by atoms with E-state index in [9.17, 15) is 24.8 Å². The average molecular weight is 709 g/mol. The SMILES string of the molecule is CC(=O)O[C@@H](C)C(=O)NCc1ccccc1-c1ccc([C@@H]2O[C@H](CN3CCN(c4ccc([N+](=O)[O-])cc4)CC3)C[C@H](c3ccc(CO)cc3)O2)cc1. The van der Waals surface area contributed by atoms with Crippen molar-refractivity contribution in [1.29, 1.82) is 0 Å². The predicted molar refractivity (Wildman–Crippen MR) is 195 cm³/mol. The van der Waals surface area contributed by atoms with Gasteiger partial charge in [0.2, 0.25) is 0 Å². The molecular formula is C40H44N4O8. The van der Waals surface area contributed by atoms with Gasteiger partial charge in [-0.3, -0.25) is 24.6 Å². The first kappa shape index (κ1) is 36.6. The van der Waals surface area contributed by atoms with Crippen LogP contribution in [0.15, 0.2) is 97.1 Å². The van der Waals surface area contributed by atoms with E-state index < -0.39 is 18.4 Å². The van der Waals surface area contributed by atoms with E-state index in [0.29, 0.717) is 6.42 Å². The molecule has 6 rings (SSSR count). The van der Waals surface area contributed by atoms with Gasteiger partial charge in [-0.25, -0.2) is 0 Å². The highest BCUT2D eigenvalue weighted by Crippen LogP contribution is 2.39. The van der Waals surface area contributed by atoms with Crippen LogP contribution >= 0.6 is 0 Å². The van der Waals surface area contributed by atoms with Crippen molar-refractivity contribution in [3.05, 3.63) is 129 Å². The molecule has 0 unspecified atom stereocenters. The topological polar surface area (TPSA) is 144 Å². The number of aliphatic hydroxyl groups is 1. The maximum Gasteiger partial charge on any atom is 0.303 e. The lowest BCUT2D eigenvalue weighted by Crippen LogP contribution is -2.49. The van der Waals surface area contributed by atoms with Gasteiger partial charge in [-0.2, -0.15) is 0 Å². The van der Waals surface area contributed by atoms with Gasteiger partial charge in [0.15, 0.2) is 12.4 Å². The zero-order chi connectivity index (χ0) is 36.6. The second kappa shape index (κ2) is 16.9. The number of ether oxygens (including phenoxy) is 3. The summed E-state index contributed by atoms with van der Waals surface area (Å²) in [5.41, 5.74) is 6.66. The van der Waals surface area contributed by atoms with Gasteiger partial charge in [0.05, 0.1) is 23.7 Å². The number of amides is 1. The fourth-order valence-electron chi connectivity index (χ4n) is 6.70. The Kier molecular flexibility index (Phi) is 11.9. The van der Waals surface area contributed by atoms with Crippen molar-refractivity contribution < 1.29 is 33.8 Å². The number of piperazine rings is 1. The Morgan fingerprint density at radius 2 is 1.60 bits per heavy atom. The fraction of sp³-hybridized carbons (Fsp3) is 0.350. The predicted octanol–water partition coefficient (Wildman–Crippen LogP) is 5.69. The molecule has 2 heterocycles. The van der Waals surface area contributed by atoms with E-state index in [4.69, 9.17) is 14.2 Å². The first-order valence-electron chi connectivity index (χ1n) is 17.5. The molecule has 4 atom stereocenters. The standard InChI is InChI=1S/C40H44N4O8/c1-27(50-28(2)46)39(47)41-24-33-5-3-4-6-37(33)30-11-13-32(14-12-30)40-51-36(23-38(52-40)31-9-7-29(26-45)8-10-31)25-42-19-21-43(22-20-42)34-15-17-35(18-16-34)44(48)49/h3-18,27,36,38,40,45H,19-26H2,1-2H3,(H,41,47)/t27-,36-,38+,40+/m0/s1. The maximum absolute atomic E-state index is 12.5. The number of rotatable bonds is 12. The first-order chi connectivity index (χ1) is 25.2. The maximum atomic E-state index is 12.5. The highest BCUT2D eigenvalue weighted by atomic mass is 16.7. The van der Waals surface area contributed by atoms with Crippen molar-refractivity contribution in [1.82, 2.24) is 10.2 Å². The van der Waals surface area contributed by atoms with Gasteiger partial charge < -0.3 is 29.5 Å². The zero-order valence-electron chi connectivity index (χ0n) is 29.4. The first-order valence-corrected chi connectivity index (χ1v) is 17.5. The molecule has 0 spiro atoms. The third-order valence-electron chi connectivity index (χ3n) is 9.55. The number of aliphatic hydroxyl groups excluding tert-OH is 1. The lowest BCUT2D eigenvalue weighted by molar-refractivity contribution is -0.384. The van der Waals surface area contributed by atoms with E-state index >= 15 is 0 Å².